The van der Waals surface area contributed by atoms with E-state index in [0.29, 0.717) is 11.2 Å². The minimum Gasteiger partial charge on any atom is -0.378 e. The molecule has 0 saturated carbocycles. The molecule has 22 heavy (non-hydrogen) atoms. The molecule has 0 fully saturated rings. The van der Waals surface area contributed by atoms with Crippen LogP contribution in [0, 0.1) is 6.92 Å². The Morgan fingerprint density at radius 2 is 1.95 bits per heavy atom. The number of aryl methyl sites for hydroxylation is 1. The number of hydrogen-bond acceptors (Lipinski definition) is 5. The summed E-state index contributed by atoms with van der Waals surface area (Å²) < 4.78 is 1.34. The van der Waals surface area contributed by atoms with Crippen LogP contribution in [-0.2, 0) is 0 Å². The van der Waals surface area contributed by atoms with Gasteiger partial charge in [-0.15, -0.1) is 11.3 Å². The van der Waals surface area contributed by atoms with E-state index in [2.05, 4.69) is 10.1 Å². The van der Waals surface area contributed by atoms with Crippen LogP contribution in [0.1, 0.15) is 11.4 Å². The Morgan fingerprint density at radius 3 is 2.64 bits per heavy atom. The van der Waals surface area contributed by atoms with Crippen LogP contribution in [0.4, 0.5) is 5.69 Å². The van der Waals surface area contributed by atoms with Gasteiger partial charge >= 0.3 is 0 Å². The molecule has 2 heterocycles. The summed E-state index contributed by atoms with van der Waals surface area (Å²) in [5.74, 6) is 0.584. The summed E-state index contributed by atoms with van der Waals surface area (Å²) in [4.78, 5) is 19.6. The maximum absolute atomic E-state index is 12.4. The van der Waals surface area contributed by atoms with Crippen molar-refractivity contribution < 1.29 is 0 Å². The van der Waals surface area contributed by atoms with Crippen molar-refractivity contribution in [1.29, 1.82) is 0 Å². The molecular formula is C16H16N4OS. The lowest BCUT2D eigenvalue weighted by Gasteiger charge is -2.11. The van der Waals surface area contributed by atoms with Crippen LogP contribution < -0.4 is 10.5 Å². The van der Waals surface area contributed by atoms with E-state index in [1.807, 2.05) is 48.6 Å². The van der Waals surface area contributed by atoms with Crippen LogP contribution in [-0.4, -0.2) is 30.0 Å². The first kappa shape index (κ1) is 14.5. The molecule has 1 aromatic carbocycles. The van der Waals surface area contributed by atoms with E-state index in [0.717, 1.165) is 16.1 Å². The predicted molar refractivity (Wildman–Crippen MR) is 92.4 cm³/mol. The molecule has 5 nitrogen and oxygen atoms in total. The lowest BCUT2D eigenvalue weighted by atomic mass is 10.2. The molecule has 0 aliphatic rings. The van der Waals surface area contributed by atoms with Crippen LogP contribution in [0.25, 0.3) is 10.2 Å². The largest absolute Gasteiger partial charge is 0.378 e. The molecule has 112 valence electrons. The molecule has 6 heteroatoms. The standard InChI is InChI=1S/C16H16N4OS/c1-11-18-15-14(8-9-22-15)16(21)20(11)17-10-12-4-6-13(7-5-12)19(2)3/h4-10H,1-3H3/b17-10-. The van der Waals surface area contributed by atoms with Gasteiger partial charge in [-0.1, -0.05) is 12.1 Å². The van der Waals surface area contributed by atoms with E-state index in [1.165, 1.54) is 16.0 Å². The molecule has 0 N–H and O–H groups in total. The fraction of sp³-hybridized carbons (Fsp3) is 0.188. The molecule has 0 aliphatic carbocycles. The van der Waals surface area contributed by atoms with Crippen LogP contribution in [0.3, 0.4) is 0 Å². The van der Waals surface area contributed by atoms with E-state index in [9.17, 15) is 4.79 Å². The minimum atomic E-state index is -0.134. The number of nitrogens with zero attached hydrogens (tertiary/aromatic N) is 4. The zero-order valence-corrected chi connectivity index (χ0v) is 13.5. The molecule has 3 rings (SSSR count). The summed E-state index contributed by atoms with van der Waals surface area (Å²) in [5.41, 5.74) is 1.92. The highest BCUT2D eigenvalue weighted by atomic mass is 32.1. The van der Waals surface area contributed by atoms with Crippen molar-refractivity contribution in [2.24, 2.45) is 5.10 Å². The van der Waals surface area contributed by atoms with Crippen molar-refractivity contribution >= 4 is 33.5 Å². The van der Waals surface area contributed by atoms with E-state index in [-0.39, 0.29) is 5.56 Å². The number of hydrogen-bond donors (Lipinski definition) is 0. The average Bonchev–Trinajstić information content (AvgIpc) is 2.96. The highest BCUT2D eigenvalue weighted by Crippen LogP contribution is 2.15. The topological polar surface area (TPSA) is 50.5 Å². The first-order valence-electron chi connectivity index (χ1n) is 6.85. The maximum atomic E-state index is 12.4. The lowest BCUT2D eigenvalue weighted by Crippen LogP contribution is -2.19. The summed E-state index contributed by atoms with van der Waals surface area (Å²) in [6.45, 7) is 1.78. The van der Waals surface area contributed by atoms with Gasteiger partial charge in [0.15, 0.2) is 0 Å². The molecule has 0 saturated heterocycles. The maximum Gasteiger partial charge on any atom is 0.282 e. The summed E-state index contributed by atoms with van der Waals surface area (Å²) in [6, 6.07) is 9.74. The Hall–Kier alpha value is -2.47. The number of fused-ring (bicyclic) bond motifs is 1. The second kappa shape index (κ2) is 5.73. The molecule has 0 unspecified atom stereocenters. The van der Waals surface area contributed by atoms with Crippen molar-refractivity contribution in [3.8, 4) is 0 Å². The molecule has 0 amide bonds. The summed E-state index contributed by atoms with van der Waals surface area (Å²) in [5, 5.41) is 6.76. The number of rotatable bonds is 3. The second-order valence-electron chi connectivity index (χ2n) is 5.15. The molecule has 0 radical (unpaired) electrons. The smallest absolute Gasteiger partial charge is 0.282 e. The van der Waals surface area contributed by atoms with Gasteiger partial charge in [0.05, 0.1) is 11.6 Å². The van der Waals surface area contributed by atoms with Gasteiger partial charge in [-0.25, -0.2) is 4.98 Å². The van der Waals surface area contributed by atoms with Gasteiger partial charge in [0.2, 0.25) is 0 Å². The number of benzene rings is 1. The fourth-order valence-corrected chi connectivity index (χ4v) is 2.93. The van der Waals surface area contributed by atoms with E-state index in [4.69, 9.17) is 0 Å². The molecule has 0 atom stereocenters. The highest BCUT2D eigenvalue weighted by molar-refractivity contribution is 7.16. The summed E-state index contributed by atoms with van der Waals surface area (Å²) in [6.07, 6.45) is 1.67. The lowest BCUT2D eigenvalue weighted by molar-refractivity contribution is 0.772. The summed E-state index contributed by atoms with van der Waals surface area (Å²) >= 11 is 1.46. The van der Waals surface area contributed by atoms with E-state index >= 15 is 0 Å². The van der Waals surface area contributed by atoms with Gasteiger partial charge in [-0.05, 0) is 36.1 Å². The van der Waals surface area contributed by atoms with Crippen molar-refractivity contribution in [1.82, 2.24) is 9.66 Å². The third kappa shape index (κ3) is 2.65. The third-order valence-electron chi connectivity index (χ3n) is 3.37. The van der Waals surface area contributed by atoms with E-state index in [1.54, 1.807) is 19.2 Å². The van der Waals surface area contributed by atoms with Gasteiger partial charge in [-0.3, -0.25) is 4.79 Å². The third-order valence-corrected chi connectivity index (χ3v) is 4.18. The quantitative estimate of drug-likeness (QED) is 0.699. The molecule has 3 aromatic rings. The molecule has 0 bridgehead atoms. The zero-order valence-electron chi connectivity index (χ0n) is 12.6. The van der Waals surface area contributed by atoms with Gasteiger partial charge in [0, 0.05) is 19.8 Å². The Balaban J connectivity index is 1.97. The SMILES string of the molecule is Cc1nc2sccc2c(=O)n1/N=C\c1ccc(N(C)C)cc1. The van der Waals surface area contributed by atoms with Crippen molar-refractivity contribution in [3.05, 3.63) is 57.5 Å². The molecule has 0 aliphatic heterocycles. The Morgan fingerprint density at radius 1 is 1.23 bits per heavy atom. The van der Waals surface area contributed by atoms with Crippen molar-refractivity contribution in [3.63, 3.8) is 0 Å². The number of aromatic nitrogens is 2. The van der Waals surface area contributed by atoms with Crippen LogP contribution in [0.5, 0.6) is 0 Å². The highest BCUT2D eigenvalue weighted by Gasteiger charge is 2.07. The Labute approximate surface area is 132 Å². The molecular weight excluding hydrogens is 296 g/mol. The number of thiophene rings is 1. The van der Waals surface area contributed by atoms with Gasteiger partial charge < -0.3 is 4.90 Å². The van der Waals surface area contributed by atoms with Gasteiger partial charge in [0.25, 0.3) is 5.56 Å². The zero-order chi connectivity index (χ0) is 15.7. The predicted octanol–water partition coefficient (Wildman–Crippen LogP) is 2.71. The first-order chi connectivity index (χ1) is 10.6. The van der Waals surface area contributed by atoms with Gasteiger partial charge in [0.1, 0.15) is 10.7 Å². The molecule has 0 spiro atoms. The van der Waals surface area contributed by atoms with Crippen molar-refractivity contribution in [2.75, 3.05) is 19.0 Å². The fourth-order valence-electron chi connectivity index (χ4n) is 2.12. The van der Waals surface area contributed by atoms with Crippen LogP contribution in [0.2, 0.25) is 0 Å². The number of anilines is 1. The Bertz CT molecular complexity index is 891. The van der Waals surface area contributed by atoms with Crippen molar-refractivity contribution in [2.45, 2.75) is 6.92 Å². The summed E-state index contributed by atoms with van der Waals surface area (Å²) in [7, 11) is 3.99. The minimum absolute atomic E-state index is 0.134. The van der Waals surface area contributed by atoms with Crippen LogP contribution in [0.15, 0.2) is 45.6 Å². The first-order valence-corrected chi connectivity index (χ1v) is 7.73. The average molecular weight is 312 g/mol. The van der Waals surface area contributed by atoms with E-state index < -0.39 is 0 Å². The molecule has 2 aromatic heterocycles. The van der Waals surface area contributed by atoms with Crippen LogP contribution >= 0.6 is 11.3 Å². The monoisotopic (exact) mass is 312 g/mol. The normalized spacial score (nSPS) is 11.4. The van der Waals surface area contributed by atoms with Gasteiger partial charge in [-0.2, -0.15) is 9.78 Å². The Kier molecular flexibility index (Phi) is 3.77. The second-order valence-corrected chi connectivity index (χ2v) is 6.04.